The quantitative estimate of drug-likeness (QED) is 0.204. The van der Waals surface area contributed by atoms with Crippen LogP contribution in [0.1, 0.15) is 31.4 Å². The molecule has 3 amide bonds. The second-order valence-corrected chi connectivity index (χ2v) is 9.37. The summed E-state index contributed by atoms with van der Waals surface area (Å²) >= 11 is 3.99. The van der Waals surface area contributed by atoms with E-state index in [0.29, 0.717) is 12.8 Å². The van der Waals surface area contributed by atoms with Crippen molar-refractivity contribution >= 4 is 36.3 Å². The normalized spacial score (nSPS) is 14.9. The molecule has 0 aliphatic heterocycles. The van der Waals surface area contributed by atoms with Crippen LogP contribution in [0, 0.1) is 5.92 Å². The van der Waals surface area contributed by atoms with Crippen molar-refractivity contribution in [2.75, 3.05) is 5.75 Å². The van der Waals surface area contributed by atoms with Crippen molar-refractivity contribution in [2.24, 2.45) is 11.7 Å². The third-order valence-corrected chi connectivity index (χ3v) is 6.51. The second-order valence-electron chi connectivity index (χ2n) is 9.00. The number of thiol groups is 1. The van der Waals surface area contributed by atoms with Gasteiger partial charge in [-0.2, -0.15) is 12.6 Å². The summed E-state index contributed by atoms with van der Waals surface area (Å²) in [4.78, 5) is 50.7. The van der Waals surface area contributed by atoms with E-state index in [1.54, 1.807) is 24.3 Å². The number of hydrogen-bond acceptors (Lipinski definition) is 6. The van der Waals surface area contributed by atoms with Crippen LogP contribution in [0.15, 0.2) is 60.7 Å². The molecular weight excluding hydrogens is 492 g/mol. The molecule has 2 rings (SSSR count). The summed E-state index contributed by atoms with van der Waals surface area (Å²) in [7, 11) is 0. The van der Waals surface area contributed by atoms with E-state index < -0.39 is 47.9 Å². The van der Waals surface area contributed by atoms with Gasteiger partial charge in [-0.3, -0.25) is 14.4 Å². The lowest BCUT2D eigenvalue weighted by Gasteiger charge is -2.28. The van der Waals surface area contributed by atoms with Gasteiger partial charge in [0.25, 0.3) is 0 Å². The molecular formula is C27H36N4O5S. The van der Waals surface area contributed by atoms with Crippen molar-refractivity contribution < 1.29 is 24.3 Å². The lowest BCUT2D eigenvalue weighted by Crippen LogP contribution is -2.59. The average molecular weight is 529 g/mol. The number of carbonyl (C=O) groups is 4. The molecule has 5 unspecified atom stereocenters. The molecule has 37 heavy (non-hydrogen) atoms. The number of hydrogen-bond donors (Lipinski definition) is 6. The number of rotatable bonds is 14. The predicted octanol–water partition coefficient (Wildman–Crippen LogP) is 1.31. The number of carbonyl (C=O) groups excluding carboxylic acids is 3. The van der Waals surface area contributed by atoms with Crippen LogP contribution in [0.2, 0.25) is 0 Å². The highest BCUT2D eigenvalue weighted by Gasteiger charge is 2.32. The van der Waals surface area contributed by atoms with Crippen LogP contribution in [0.25, 0.3) is 0 Å². The molecule has 0 aliphatic carbocycles. The van der Waals surface area contributed by atoms with Crippen molar-refractivity contribution in [3.8, 4) is 0 Å². The van der Waals surface area contributed by atoms with E-state index in [-0.39, 0.29) is 18.1 Å². The highest BCUT2D eigenvalue weighted by Crippen LogP contribution is 2.11. The molecule has 0 heterocycles. The Morgan fingerprint density at radius 3 is 1.81 bits per heavy atom. The maximum Gasteiger partial charge on any atom is 0.327 e. The lowest BCUT2D eigenvalue weighted by molar-refractivity contribution is -0.141. The summed E-state index contributed by atoms with van der Waals surface area (Å²) in [5.41, 5.74) is 7.79. The minimum absolute atomic E-state index is 0.113. The molecule has 10 heteroatoms. The minimum Gasteiger partial charge on any atom is -0.480 e. The molecule has 0 saturated heterocycles. The fraction of sp³-hybridized carbons (Fsp3) is 0.407. The van der Waals surface area contributed by atoms with Crippen molar-refractivity contribution in [2.45, 2.75) is 57.3 Å². The van der Waals surface area contributed by atoms with Crippen LogP contribution in [0.5, 0.6) is 0 Å². The van der Waals surface area contributed by atoms with Gasteiger partial charge in [0.2, 0.25) is 17.7 Å². The first-order valence-electron chi connectivity index (χ1n) is 12.2. The number of benzene rings is 2. The van der Waals surface area contributed by atoms with Gasteiger partial charge in [-0.15, -0.1) is 0 Å². The van der Waals surface area contributed by atoms with Gasteiger partial charge in [0, 0.05) is 12.2 Å². The average Bonchev–Trinajstić information content (AvgIpc) is 2.90. The molecule has 9 nitrogen and oxygen atoms in total. The summed E-state index contributed by atoms with van der Waals surface area (Å²) in [5.74, 6) is -3.29. The molecule has 200 valence electrons. The molecule has 0 saturated carbocycles. The van der Waals surface area contributed by atoms with Crippen LogP contribution >= 0.6 is 12.6 Å². The second kappa shape index (κ2) is 15.0. The predicted molar refractivity (Wildman–Crippen MR) is 145 cm³/mol. The number of carboxylic acids is 1. The van der Waals surface area contributed by atoms with Crippen LogP contribution in [0.3, 0.4) is 0 Å². The smallest absolute Gasteiger partial charge is 0.327 e. The highest BCUT2D eigenvalue weighted by atomic mass is 32.1. The first-order valence-corrected chi connectivity index (χ1v) is 12.9. The fourth-order valence-electron chi connectivity index (χ4n) is 3.70. The van der Waals surface area contributed by atoms with E-state index in [0.717, 1.165) is 11.1 Å². The molecule has 5 atom stereocenters. The first-order chi connectivity index (χ1) is 17.7. The molecule has 0 aromatic heterocycles. The third kappa shape index (κ3) is 9.55. The van der Waals surface area contributed by atoms with Crippen LogP contribution < -0.4 is 21.7 Å². The Balaban J connectivity index is 2.19. The number of amides is 3. The molecule has 2 aromatic rings. The molecule has 0 fully saturated rings. The molecule has 2 aromatic carbocycles. The maximum absolute atomic E-state index is 13.4. The zero-order chi connectivity index (χ0) is 27.4. The maximum atomic E-state index is 13.4. The van der Waals surface area contributed by atoms with Gasteiger partial charge < -0.3 is 26.8 Å². The van der Waals surface area contributed by atoms with Crippen molar-refractivity contribution in [3.63, 3.8) is 0 Å². The zero-order valence-corrected chi connectivity index (χ0v) is 22.0. The molecule has 6 N–H and O–H groups in total. The van der Waals surface area contributed by atoms with Crippen LogP contribution in [-0.4, -0.2) is 58.7 Å². The van der Waals surface area contributed by atoms with Gasteiger partial charge in [-0.1, -0.05) is 80.9 Å². The lowest BCUT2D eigenvalue weighted by atomic mass is 9.96. The topological polar surface area (TPSA) is 151 Å². The first kappa shape index (κ1) is 29.9. The van der Waals surface area contributed by atoms with Gasteiger partial charge in [-0.25, -0.2) is 4.79 Å². The van der Waals surface area contributed by atoms with E-state index in [1.165, 1.54) is 0 Å². The molecule has 0 aliphatic rings. The van der Waals surface area contributed by atoms with E-state index in [4.69, 9.17) is 5.73 Å². The Bertz CT molecular complexity index is 1040. The largest absolute Gasteiger partial charge is 0.480 e. The summed E-state index contributed by atoms with van der Waals surface area (Å²) in [6, 6.07) is 14.3. The number of nitrogens with one attached hydrogen (secondary N) is 3. The standard InChI is InChI=1S/C27H36N4O5S/c1-3-17(2)23(31-24(32)20(28)14-18-10-6-4-7-11-18)26(34)29-21(15-19-12-8-5-9-13-19)25(33)30-22(16-37)27(35)36/h4-13,17,20-23,37H,3,14-16,28H2,1-2H3,(H,29,34)(H,30,33)(H,31,32)(H,35,36). The number of aliphatic carboxylic acids is 1. The summed E-state index contributed by atoms with van der Waals surface area (Å²) < 4.78 is 0. The number of nitrogens with two attached hydrogens (primary N) is 1. The molecule has 0 spiro atoms. The summed E-state index contributed by atoms with van der Waals surface area (Å²) in [6.07, 6.45) is 1.02. The van der Waals surface area contributed by atoms with E-state index in [9.17, 15) is 24.3 Å². The Morgan fingerprint density at radius 1 is 0.811 bits per heavy atom. The Morgan fingerprint density at radius 2 is 1.32 bits per heavy atom. The summed E-state index contributed by atoms with van der Waals surface area (Å²) in [6.45, 7) is 3.71. The third-order valence-electron chi connectivity index (χ3n) is 6.14. The molecule has 0 bridgehead atoms. The van der Waals surface area contributed by atoms with Gasteiger partial charge in [-0.05, 0) is 23.5 Å². The Labute approximate surface area is 223 Å². The van der Waals surface area contributed by atoms with Gasteiger partial charge in [0.05, 0.1) is 6.04 Å². The van der Waals surface area contributed by atoms with Gasteiger partial charge in [0.1, 0.15) is 18.1 Å². The van der Waals surface area contributed by atoms with Crippen LogP contribution in [0.4, 0.5) is 0 Å². The van der Waals surface area contributed by atoms with Crippen molar-refractivity contribution in [1.82, 2.24) is 16.0 Å². The minimum atomic E-state index is -1.23. The SMILES string of the molecule is CCC(C)C(NC(=O)C(N)Cc1ccccc1)C(=O)NC(Cc1ccccc1)C(=O)NC(CS)C(=O)O. The van der Waals surface area contributed by atoms with Crippen LogP contribution in [-0.2, 0) is 32.0 Å². The number of carboxylic acid groups (broad SMARTS) is 1. The van der Waals surface area contributed by atoms with Gasteiger partial charge >= 0.3 is 5.97 Å². The highest BCUT2D eigenvalue weighted by molar-refractivity contribution is 7.80. The summed E-state index contributed by atoms with van der Waals surface area (Å²) in [5, 5.41) is 17.2. The molecule has 0 radical (unpaired) electrons. The van der Waals surface area contributed by atoms with Crippen molar-refractivity contribution in [3.05, 3.63) is 71.8 Å². The monoisotopic (exact) mass is 528 g/mol. The van der Waals surface area contributed by atoms with E-state index in [1.807, 2.05) is 50.2 Å². The zero-order valence-electron chi connectivity index (χ0n) is 21.1. The Hall–Kier alpha value is -3.37. The Kier molecular flexibility index (Phi) is 12.1. The van der Waals surface area contributed by atoms with E-state index in [2.05, 4.69) is 28.6 Å². The van der Waals surface area contributed by atoms with Gasteiger partial charge in [0.15, 0.2) is 0 Å². The fourth-order valence-corrected chi connectivity index (χ4v) is 3.95. The van der Waals surface area contributed by atoms with Crippen molar-refractivity contribution in [1.29, 1.82) is 0 Å². The van der Waals surface area contributed by atoms with E-state index >= 15 is 0 Å².